The molecule has 0 saturated heterocycles. The van der Waals surface area contributed by atoms with Gasteiger partial charge in [0.15, 0.2) is 5.75 Å². The van der Waals surface area contributed by atoms with Crippen LogP contribution in [0.1, 0.15) is 6.92 Å². The van der Waals surface area contributed by atoms with Crippen LogP contribution in [0.2, 0.25) is 0 Å². The summed E-state index contributed by atoms with van der Waals surface area (Å²) in [7, 11) is -0.828. The molecule has 0 fully saturated rings. The van der Waals surface area contributed by atoms with Gasteiger partial charge in [-0.2, -0.15) is 0 Å². The molecule has 0 aliphatic carbocycles. The average Bonchev–Trinajstić information content (AvgIpc) is 2.99. The Hall–Kier alpha value is -2.85. The molecule has 10 heteroatoms. The van der Waals surface area contributed by atoms with Crippen LogP contribution in [0.15, 0.2) is 34.1 Å². The van der Waals surface area contributed by atoms with Crippen molar-refractivity contribution in [2.45, 2.75) is 11.8 Å². The van der Waals surface area contributed by atoms with Gasteiger partial charge in [0.1, 0.15) is 5.52 Å². The molecule has 0 spiro atoms. The number of fused-ring (bicyclic) bond motifs is 3. The minimum Gasteiger partial charge on any atom is -0.434 e. The maximum absolute atomic E-state index is 12.4. The van der Waals surface area contributed by atoms with Crippen LogP contribution in [0.25, 0.3) is 21.8 Å². The van der Waals surface area contributed by atoms with Crippen LogP contribution in [-0.2, 0) is 14.8 Å². The standard InChI is InChI=1S/C16H17N3O6S/c1-4-24-16(21)25-12-8-17-14-13(12)10-7-9(26(22,23)19(2)3)5-6-11(10)18-15(14)20/h5-8,17H,4H2,1-3H3,(H,18,20). The molecule has 0 amide bonds. The van der Waals surface area contributed by atoms with Crippen LogP contribution in [0.5, 0.6) is 5.75 Å². The fourth-order valence-corrected chi connectivity index (χ4v) is 3.49. The number of hydrogen-bond acceptors (Lipinski definition) is 6. The van der Waals surface area contributed by atoms with Crippen LogP contribution in [0, 0.1) is 0 Å². The van der Waals surface area contributed by atoms with Crippen LogP contribution in [-0.4, -0.2) is 49.5 Å². The minimum absolute atomic E-state index is 0.0478. The monoisotopic (exact) mass is 379 g/mol. The highest BCUT2D eigenvalue weighted by Crippen LogP contribution is 2.32. The molecule has 9 nitrogen and oxygen atoms in total. The Kier molecular flexibility index (Phi) is 4.46. The van der Waals surface area contributed by atoms with Gasteiger partial charge < -0.3 is 19.4 Å². The summed E-state index contributed by atoms with van der Waals surface area (Å²) in [5.74, 6) is 0.0777. The summed E-state index contributed by atoms with van der Waals surface area (Å²) in [6.07, 6.45) is 0.433. The molecule has 0 radical (unpaired) electrons. The number of aromatic nitrogens is 2. The molecule has 3 aromatic rings. The van der Waals surface area contributed by atoms with Gasteiger partial charge in [0.05, 0.1) is 16.9 Å². The van der Waals surface area contributed by atoms with E-state index < -0.39 is 21.7 Å². The molecule has 1 aromatic carbocycles. The van der Waals surface area contributed by atoms with Crippen molar-refractivity contribution in [3.05, 3.63) is 34.7 Å². The van der Waals surface area contributed by atoms with E-state index in [9.17, 15) is 18.0 Å². The Morgan fingerprint density at radius 2 is 2.00 bits per heavy atom. The predicted octanol–water partition coefficient (Wildman–Crippen LogP) is 1.79. The number of rotatable bonds is 4. The van der Waals surface area contributed by atoms with E-state index in [1.807, 2.05) is 0 Å². The lowest BCUT2D eigenvalue weighted by Gasteiger charge is -2.12. The Labute approximate surface area is 148 Å². The molecule has 2 heterocycles. The number of ether oxygens (including phenoxy) is 2. The molecule has 0 aliphatic heterocycles. The second-order valence-electron chi connectivity index (χ2n) is 5.64. The number of benzene rings is 1. The Bertz CT molecular complexity index is 1160. The van der Waals surface area contributed by atoms with Crippen molar-refractivity contribution in [1.29, 1.82) is 0 Å². The number of carbonyl (C=O) groups excluding carboxylic acids is 1. The number of nitrogens with one attached hydrogen (secondary N) is 2. The number of aromatic amines is 2. The van der Waals surface area contributed by atoms with Gasteiger partial charge in [0.25, 0.3) is 5.56 Å². The molecule has 2 N–H and O–H groups in total. The van der Waals surface area contributed by atoms with E-state index in [4.69, 9.17) is 9.47 Å². The predicted molar refractivity (Wildman–Crippen MR) is 94.9 cm³/mol. The van der Waals surface area contributed by atoms with Crippen molar-refractivity contribution < 1.29 is 22.7 Å². The zero-order chi connectivity index (χ0) is 19.1. The molecular weight excluding hydrogens is 362 g/mol. The smallest absolute Gasteiger partial charge is 0.434 e. The number of sulfonamides is 1. The van der Waals surface area contributed by atoms with Gasteiger partial charge in [0.2, 0.25) is 10.0 Å². The fraction of sp³-hybridized carbons (Fsp3) is 0.250. The third kappa shape index (κ3) is 2.93. The largest absolute Gasteiger partial charge is 0.513 e. The fourth-order valence-electron chi connectivity index (χ4n) is 2.56. The van der Waals surface area contributed by atoms with Gasteiger partial charge in [-0.15, -0.1) is 0 Å². The molecule has 0 atom stereocenters. The summed E-state index contributed by atoms with van der Waals surface area (Å²) in [5, 5.41) is 0.718. The number of hydrogen-bond donors (Lipinski definition) is 2. The van der Waals surface area contributed by atoms with E-state index in [2.05, 4.69) is 9.97 Å². The molecular formula is C16H17N3O6S. The quantitative estimate of drug-likeness (QED) is 0.667. The lowest BCUT2D eigenvalue weighted by atomic mass is 10.1. The molecule has 0 unspecified atom stereocenters. The third-order valence-electron chi connectivity index (χ3n) is 3.81. The van der Waals surface area contributed by atoms with Crippen LogP contribution < -0.4 is 10.3 Å². The van der Waals surface area contributed by atoms with Crippen LogP contribution in [0.3, 0.4) is 0 Å². The summed E-state index contributed by atoms with van der Waals surface area (Å²) in [4.78, 5) is 29.3. The number of H-pyrrole nitrogens is 2. The lowest BCUT2D eigenvalue weighted by Crippen LogP contribution is -2.22. The van der Waals surface area contributed by atoms with E-state index in [0.717, 1.165) is 4.31 Å². The highest BCUT2D eigenvalue weighted by atomic mass is 32.2. The van der Waals surface area contributed by atoms with E-state index in [-0.39, 0.29) is 22.8 Å². The van der Waals surface area contributed by atoms with E-state index in [1.165, 1.54) is 38.5 Å². The second kappa shape index (κ2) is 6.46. The van der Waals surface area contributed by atoms with Gasteiger partial charge in [-0.25, -0.2) is 17.5 Å². The minimum atomic E-state index is -3.68. The first kappa shape index (κ1) is 18.0. The molecule has 0 bridgehead atoms. The maximum atomic E-state index is 12.4. The first-order valence-electron chi connectivity index (χ1n) is 7.70. The van der Waals surface area contributed by atoms with Gasteiger partial charge in [-0.1, -0.05) is 0 Å². The summed E-state index contributed by atoms with van der Waals surface area (Å²) in [5.41, 5.74) is 0.152. The first-order chi connectivity index (χ1) is 12.3. The molecule has 0 saturated carbocycles. The number of carbonyl (C=O) groups is 1. The van der Waals surface area contributed by atoms with E-state index >= 15 is 0 Å². The highest BCUT2D eigenvalue weighted by molar-refractivity contribution is 7.89. The van der Waals surface area contributed by atoms with Gasteiger partial charge in [-0.3, -0.25) is 4.79 Å². The van der Waals surface area contributed by atoms with Crippen molar-refractivity contribution in [2.75, 3.05) is 20.7 Å². The Balaban J connectivity index is 2.29. The average molecular weight is 379 g/mol. The van der Waals surface area contributed by atoms with Crippen molar-refractivity contribution in [2.24, 2.45) is 0 Å². The lowest BCUT2D eigenvalue weighted by molar-refractivity contribution is 0.105. The second-order valence-corrected chi connectivity index (χ2v) is 7.79. The van der Waals surface area contributed by atoms with Crippen molar-refractivity contribution in [3.63, 3.8) is 0 Å². The van der Waals surface area contributed by atoms with Crippen LogP contribution >= 0.6 is 0 Å². The third-order valence-corrected chi connectivity index (χ3v) is 5.62. The zero-order valence-corrected chi connectivity index (χ0v) is 15.1. The van der Waals surface area contributed by atoms with Crippen molar-refractivity contribution in [3.8, 4) is 5.75 Å². The highest BCUT2D eigenvalue weighted by Gasteiger charge is 2.21. The molecule has 2 aromatic heterocycles. The Morgan fingerprint density at radius 3 is 2.65 bits per heavy atom. The van der Waals surface area contributed by atoms with Crippen molar-refractivity contribution in [1.82, 2.24) is 14.3 Å². The topological polar surface area (TPSA) is 122 Å². The SMILES string of the molecule is CCOC(=O)Oc1c[nH]c2c(=O)[nH]c3ccc(S(=O)(=O)N(C)C)cc3c12. The van der Waals surface area contributed by atoms with Gasteiger partial charge in [0, 0.05) is 31.2 Å². The molecule has 138 valence electrons. The van der Waals surface area contributed by atoms with Gasteiger partial charge in [-0.05, 0) is 25.1 Å². The van der Waals surface area contributed by atoms with Gasteiger partial charge >= 0.3 is 6.16 Å². The summed E-state index contributed by atoms with van der Waals surface area (Å²) in [6.45, 7) is 1.77. The first-order valence-corrected chi connectivity index (χ1v) is 9.14. The maximum Gasteiger partial charge on any atom is 0.513 e. The number of pyridine rings is 1. The normalized spacial score (nSPS) is 12.0. The van der Waals surface area contributed by atoms with E-state index in [0.29, 0.717) is 16.3 Å². The van der Waals surface area contributed by atoms with E-state index in [1.54, 1.807) is 6.92 Å². The summed E-state index contributed by atoms with van der Waals surface area (Å²) >= 11 is 0. The zero-order valence-electron chi connectivity index (χ0n) is 14.3. The summed E-state index contributed by atoms with van der Waals surface area (Å²) in [6, 6.07) is 4.32. The molecule has 3 rings (SSSR count). The Morgan fingerprint density at radius 1 is 1.27 bits per heavy atom. The molecule has 0 aliphatic rings. The summed E-state index contributed by atoms with van der Waals surface area (Å²) < 4.78 is 35.8. The number of nitrogens with zero attached hydrogens (tertiary/aromatic N) is 1. The molecule has 26 heavy (non-hydrogen) atoms. The van der Waals surface area contributed by atoms with Crippen LogP contribution in [0.4, 0.5) is 4.79 Å². The van der Waals surface area contributed by atoms with Crippen molar-refractivity contribution >= 4 is 38.0 Å².